The first-order valence-electron chi connectivity index (χ1n) is 7.94. The molecule has 0 aliphatic rings. The van der Waals surface area contributed by atoms with Crippen molar-refractivity contribution in [3.8, 4) is 0 Å². The molecular weight excluding hydrogens is 326 g/mol. The summed E-state index contributed by atoms with van der Waals surface area (Å²) in [4.78, 5) is 4.89. The Bertz CT molecular complexity index is 589. The van der Waals surface area contributed by atoms with Crippen LogP contribution in [-0.4, -0.2) is 15.6 Å². The van der Waals surface area contributed by atoms with Crippen LogP contribution in [0.25, 0.3) is 11.0 Å². The lowest BCUT2D eigenvalue weighted by Crippen LogP contribution is -2.15. The third-order valence-electron chi connectivity index (χ3n) is 3.92. The molecule has 1 aromatic heterocycles. The lowest BCUT2D eigenvalue weighted by Gasteiger charge is -2.14. The zero-order valence-corrected chi connectivity index (χ0v) is 14.9. The van der Waals surface area contributed by atoms with Gasteiger partial charge >= 0.3 is 0 Å². The van der Waals surface area contributed by atoms with Gasteiger partial charge in [0.05, 0.1) is 11.0 Å². The Kier molecular flexibility index (Phi) is 5.82. The van der Waals surface area contributed by atoms with Gasteiger partial charge < -0.3 is 10.3 Å². The fourth-order valence-electron chi connectivity index (χ4n) is 2.83. The van der Waals surface area contributed by atoms with Gasteiger partial charge in [-0.1, -0.05) is 36.2 Å². The van der Waals surface area contributed by atoms with E-state index >= 15 is 0 Å². The van der Waals surface area contributed by atoms with Crippen molar-refractivity contribution in [2.75, 3.05) is 0 Å². The molecule has 2 aromatic rings. The molecule has 2 N–H and O–H groups in total. The Morgan fingerprint density at radius 2 is 2.05 bits per heavy atom. The first-order chi connectivity index (χ1) is 10.0. The molecule has 0 saturated heterocycles. The van der Waals surface area contributed by atoms with Crippen molar-refractivity contribution < 1.29 is 0 Å². The summed E-state index contributed by atoms with van der Waals surface area (Å²) in [6.07, 6.45) is 4.53. The molecule has 1 heterocycles. The van der Waals surface area contributed by atoms with E-state index in [2.05, 4.69) is 59.5 Å². The number of aromatic nitrogens is 2. The van der Waals surface area contributed by atoms with Crippen LogP contribution in [0.4, 0.5) is 0 Å². The van der Waals surface area contributed by atoms with Crippen molar-refractivity contribution >= 4 is 27.0 Å². The van der Waals surface area contributed by atoms with E-state index in [0.717, 1.165) is 42.2 Å². The van der Waals surface area contributed by atoms with E-state index in [0.29, 0.717) is 12.0 Å². The molecule has 2 rings (SSSR count). The van der Waals surface area contributed by atoms with Crippen LogP contribution in [0.1, 0.15) is 58.2 Å². The van der Waals surface area contributed by atoms with E-state index in [9.17, 15) is 0 Å². The zero-order chi connectivity index (χ0) is 15.4. The molecule has 0 aliphatic heterocycles. The molecule has 0 amide bonds. The van der Waals surface area contributed by atoms with Gasteiger partial charge in [-0.05, 0) is 44.4 Å². The highest BCUT2D eigenvalue weighted by molar-refractivity contribution is 9.10. The van der Waals surface area contributed by atoms with Gasteiger partial charge in [0.25, 0.3) is 0 Å². The summed E-state index contributed by atoms with van der Waals surface area (Å²) >= 11 is 3.54. The lowest BCUT2D eigenvalue weighted by atomic mass is 10.0. The Labute approximate surface area is 136 Å². The van der Waals surface area contributed by atoms with E-state index < -0.39 is 0 Å². The van der Waals surface area contributed by atoms with Crippen molar-refractivity contribution in [1.82, 2.24) is 9.55 Å². The number of nitrogens with zero attached hydrogens (tertiary/aromatic N) is 2. The molecule has 0 aliphatic carbocycles. The quantitative estimate of drug-likeness (QED) is 0.776. The molecule has 0 radical (unpaired) electrons. The first-order valence-corrected chi connectivity index (χ1v) is 8.73. The number of nitrogens with two attached hydrogens (primary N) is 1. The number of halogens is 1. The third-order valence-corrected chi connectivity index (χ3v) is 4.42. The number of aryl methyl sites for hydroxylation is 1. The maximum absolute atomic E-state index is 5.85. The highest BCUT2D eigenvalue weighted by Gasteiger charge is 2.16. The third kappa shape index (κ3) is 4.07. The van der Waals surface area contributed by atoms with Gasteiger partial charge in [-0.2, -0.15) is 0 Å². The van der Waals surface area contributed by atoms with E-state index in [1.165, 1.54) is 11.3 Å². The minimum atomic E-state index is 0.294. The summed E-state index contributed by atoms with van der Waals surface area (Å²) in [5.74, 6) is 1.69. The van der Waals surface area contributed by atoms with E-state index in [4.69, 9.17) is 10.7 Å². The zero-order valence-electron chi connectivity index (χ0n) is 13.3. The fraction of sp³-hybridized carbons (Fsp3) is 0.588. The second-order valence-corrected chi connectivity index (χ2v) is 6.98. The molecule has 0 spiro atoms. The van der Waals surface area contributed by atoms with E-state index in [1.54, 1.807) is 0 Å². The number of benzene rings is 1. The SMILES string of the molecule is CCCn1c(C(C)CCCC(C)N)nc2cc(Br)ccc21. The van der Waals surface area contributed by atoms with E-state index in [-0.39, 0.29) is 0 Å². The minimum absolute atomic E-state index is 0.294. The molecular formula is C17H26BrN3. The first kappa shape index (κ1) is 16.5. The molecule has 116 valence electrons. The van der Waals surface area contributed by atoms with E-state index in [1.807, 2.05) is 0 Å². The van der Waals surface area contributed by atoms with Gasteiger partial charge in [0, 0.05) is 23.0 Å². The van der Waals surface area contributed by atoms with Gasteiger partial charge in [0.2, 0.25) is 0 Å². The second-order valence-electron chi connectivity index (χ2n) is 6.06. The predicted octanol–water partition coefficient (Wildman–Crippen LogP) is 4.83. The lowest BCUT2D eigenvalue weighted by molar-refractivity contribution is 0.522. The van der Waals surface area contributed by atoms with Crippen LogP contribution >= 0.6 is 15.9 Å². The highest BCUT2D eigenvalue weighted by Crippen LogP contribution is 2.27. The Morgan fingerprint density at radius 1 is 1.29 bits per heavy atom. The molecule has 2 unspecified atom stereocenters. The number of imidazole rings is 1. The molecule has 4 heteroatoms. The van der Waals surface area contributed by atoms with Gasteiger partial charge in [0.15, 0.2) is 0 Å². The minimum Gasteiger partial charge on any atom is -0.328 e. The summed E-state index contributed by atoms with van der Waals surface area (Å²) in [6, 6.07) is 6.67. The number of fused-ring (bicyclic) bond motifs is 1. The maximum atomic E-state index is 5.85. The summed E-state index contributed by atoms with van der Waals surface area (Å²) in [5, 5.41) is 0. The molecule has 21 heavy (non-hydrogen) atoms. The van der Waals surface area contributed by atoms with Gasteiger partial charge in [-0.15, -0.1) is 0 Å². The molecule has 0 saturated carbocycles. The van der Waals surface area contributed by atoms with Gasteiger partial charge in [-0.25, -0.2) is 4.98 Å². The van der Waals surface area contributed by atoms with Crippen LogP contribution in [0.3, 0.4) is 0 Å². The van der Waals surface area contributed by atoms with Crippen molar-refractivity contribution in [3.05, 3.63) is 28.5 Å². The Hall–Kier alpha value is -0.870. The van der Waals surface area contributed by atoms with Crippen LogP contribution in [0, 0.1) is 0 Å². The number of rotatable bonds is 7. The molecule has 3 nitrogen and oxygen atoms in total. The summed E-state index contributed by atoms with van der Waals surface area (Å²) < 4.78 is 3.48. The molecule has 0 bridgehead atoms. The summed E-state index contributed by atoms with van der Waals surface area (Å²) in [7, 11) is 0. The average Bonchev–Trinajstić information content (AvgIpc) is 2.77. The topological polar surface area (TPSA) is 43.8 Å². The average molecular weight is 352 g/mol. The predicted molar refractivity (Wildman–Crippen MR) is 93.6 cm³/mol. The molecule has 1 aromatic carbocycles. The summed E-state index contributed by atoms with van der Waals surface area (Å²) in [6.45, 7) is 7.61. The number of hydrogen-bond donors (Lipinski definition) is 1. The van der Waals surface area contributed by atoms with Crippen molar-refractivity contribution in [3.63, 3.8) is 0 Å². The van der Waals surface area contributed by atoms with Crippen LogP contribution in [0.2, 0.25) is 0 Å². The summed E-state index contributed by atoms with van der Waals surface area (Å²) in [5.41, 5.74) is 8.18. The smallest absolute Gasteiger partial charge is 0.112 e. The fourth-order valence-corrected chi connectivity index (χ4v) is 3.18. The van der Waals surface area contributed by atoms with Crippen LogP contribution in [-0.2, 0) is 6.54 Å². The van der Waals surface area contributed by atoms with Crippen molar-refractivity contribution in [2.45, 2.75) is 65.0 Å². The standard InChI is InChI=1S/C17H26BrN3/c1-4-10-21-16-9-8-14(18)11-15(16)20-17(21)12(2)6-5-7-13(3)19/h8-9,11-13H,4-7,10,19H2,1-3H3. The van der Waals surface area contributed by atoms with Crippen LogP contribution in [0.5, 0.6) is 0 Å². The molecule has 2 atom stereocenters. The van der Waals surface area contributed by atoms with Crippen molar-refractivity contribution in [2.24, 2.45) is 5.73 Å². The van der Waals surface area contributed by atoms with Crippen LogP contribution < -0.4 is 5.73 Å². The second kappa shape index (κ2) is 7.41. The van der Waals surface area contributed by atoms with Crippen molar-refractivity contribution in [1.29, 1.82) is 0 Å². The number of hydrogen-bond acceptors (Lipinski definition) is 2. The van der Waals surface area contributed by atoms with Gasteiger partial charge in [0.1, 0.15) is 5.82 Å². The molecule has 0 fully saturated rings. The Morgan fingerprint density at radius 3 is 2.71 bits per heavy atom. The monoisotopic (exact) mass is 351 g/mol. The largest absolute Gasteiger partial charge is 0.328 e. The normalized spacial score (nSPS) is 14.5. The Balaban J connectivity index is 2.26. The van der Waals surface area contributed by atoms with Crippen LogP contribution in [0.15, 0.2) is 22.7 Å². The van der Waals surface area contributed by atoms with Gasteiger partial charge in [-0.3, -0.25) is 0 Å². The maximum Gasteiger partial charge on any atom is 0.112 e. The highest BCUT2D eigenvalue weighted by atomic mass is 79.9.